The Balaban J connectivity index is 1.86. The molecule has 0 saturated carbocycles. The predicted molar refractivity (Wildman–Crippen MR) is 185 cm³/mol. The summed E-state index contributed by atoms with van der Waals surface area (Å²) < 4.78 is 0. The van der Waals surface area contributed by atoms with E-state index >= 15 is 0 Å². The van der Waals surface area contributed by atoms with Gasteiger partial charge in [0.25, 0.3) is 0 Å². The molecule has 6 aromatic carbocycles. The molecule has 0 radical (unpaired) electrons. The fraction of sp³-hybridized carbons (Fsp3) is 0.0263. The van der Waals surface area contributed by atoms with Crippen molar-refractivity contribution in [2.45, 2.75) is 6.92 Å². The van der Waals surface area contributed by atoms with Crippen LogP contribution in [0.4, 0.5) is 0 Å². The standard InChI is InChI=1S/2C18H15P.C2H4.Ni/c2*1-4-10-16(11-5-1)19(17-12-6-2-7-13-17)18-14-8-3-9-15-18;1-2;/h2*1-15H;1H,2H3;/q;;;-2/p+2. The van der Waals surface area contributed by atoms with Gasteiger partial charge in [-0.25, -0.2) is 0 Å². The number of hydrogen-bond donors (Lipinski definition) is 0. The van der Waals surface area contributed by atoms with Crippen LogP contribution < -0.4 is 31.8 Å². The summed E-state index contributed by atoms with van der Waals surface area (Å²) in [5.41, 5.74) is 0. The average molecular weight is 613 g/mol. The van der Waals surface area contributed by atoms with E-state index in [0.29, 0.717) is 0 Å². The van der Waals surface area contributed by atoms with Crippen molar-refractivity contribution in [3.63, 3.8) is 0 Å². The molecule has 0 unspecified atom stereocenters. The van der Waals surface area contributed by atoms with Crippen LogP contribution in [0, 0.1) is 0 Å². The first-order valence-corrected chi connectivity index (χ1v) is 21.2. The van der Waals surface area contributed by atoms with Crippen LogP contribution in [0.15, 0.2) is 182 Å². The van der Waals surface area contributed by atoms with E-state index in [0.717, 1.165) is 0 Å². The maximum atomic E-state index is 2.62. The molecule has 0 spiro atoms. The summed E-state index contributed by atoms with van der Waals surface area (Å²) in [6, 6.07) is 63.2. The van der Waals surface area contributed by atoms with Gasteiger partial charge in [-0.05, 0) is 0 Å². The Hall–Kier alpha value is -3.46. The van der Waals surface area contributed by atoms with Crippen LogP contribution in [0.25, 0.3) is 0 Å². The Bertz CT molecular complexity index is 1380. The Morgan fingerprint density at radius 2 is 0.488 bits per heavy atom. The summed E-state index contributed by atoms with van der Waals surface area (Å²) in [6.07, 6.45) is 0. The summed E-state index contributed by atoms with van der Waals surface area (Å²) in [5, 5.41) is 8.78. The zero-order valence-electron chi connectivity index (χ0n) is 23.2. The quantitative estimate of drug-likeness (QED) is 0.132. The molecule has 0 atom stereocenters. The monoisotopic (exact) mass is 612 g/mol. The summed E-state index contributed by atoms with van der Waals surface area (Å²) in [4.78, 5) is 2.62. The molecule has 0 aromatic heterocycles. The molecule has 0 fully saturated rings. The van der Waals surface area contributed by atoms with Crippen molar-refractivity contribution in [2.75, 3.05) is 0 Å². The van der Waals surface area contributed by atoms with Gasteiger partial charge < -0.3 is 0 Å². The molecule has 0 bridgehead atoms. The van der Waals surface area contributed by atoms with E-state index in [1.807, 2.05) is 0 Å². The molecule has 0 aliphatic rings. The molecule has 208 valence electrons. The van der Waals surface area contributed by atoms with Gasteiger partial charge in [0.05, 0.1) is 0 Å². The topological polar surface area (TPSA) is 0 Å². The van der Waals surface area contributed by atoms with E-state index in [4.69, 9.17) is 0 Å². The average Bonchev–Trinajstić information content (AvgIpc) is 3.07. The van der Waals surface area contributed by atoms with Crippen molar-refractivity contribution < 1.29 is 12.1 Å². The van der Waals surface area contributed by atoms with Gasteiger partial charge in [-0.3, -0.25) is 0 Å². The molecule has 0 N–H and O–H groups in total. The summed E-state index contributed by atoms with van der Waals surface area (Å²) in [6.45, 7) is 2.34. The van der Waals surface area contributed by atoms with Crippen molar-refractivity contribution in [1.29, 1.82) is 0 Å². The van der Waals surface area contributed by atoms with Gasteiger partial charge in [-0.15, -0.1) is 0 Å². The third-order valence-corrected chi connectivity index (χ3v) is 33.1. The normalized spacial score (nSPS) is 12.8. The Labute approximate surface area is 248 Å². The third-order valence-electron chi connectivity index (χ3n) is 7.62. The van der Waals surface area contributed by atoms with Gasteiger partial charge in [-0.1, -0.05) is 0 Å². The van der Waals surface area contributed by atoms with Crippen LogP contribution in [0.5, 0.6) is 0 Å². The molecule has 3 heteroatoms. The van der Waals surface area contributed by atoms with Gasteiger partial charge in [-0.2, -0.15) is 0 Å². The van der Waals surface area contributed by atoms with Crippen molar-refractivity contribution in [1.82, 2.24) is 0 Å². The van der Waals surface area contributed by atoms with E-state index in [2.05, 4.69) is 194 Å². The van der Waals surface area contributed by atoms with Crippen LogP contribution in [0.3, 0.4) is 0 Å². The SMILES string of the molecule is C[CH]=[Ni]([PH](c1ccccc1)(c1ccccc1)c1ccccc1)[PH](c1ccccc1)(c1ccccc1)c1ccccc1. The van der Waals surface area contributed by atoms with Crippen molar-refractivity contribution in [2.24, 2.45) is 0 Å². The van der Waals surface area contributed by atoms with Gasteiger partial charge in [0.2, 0.25) is 0 Å². The summed E-state index contributed by atoms with van der Waals surface area (Å²) in [5.74, 6) is 0. The molecule has 6 rings (SSSR count). The number of hydrogen-bond acceptors (Lipinski definition) is 0. The number of benzene rings is 6. The molecule has 0 aliphatic heterocycles. The van der Waals surface area contributed by atoms with Crippen molar-refractivity contribution >= 4 is 48.9 Å². The molecule has 41 heavy (non-hydrogen) atoms. The molecule has 0 saturated heterocycles. The van der Waals surface area contributed by atoms with Gasteiger partial charge in [0.15, 0.2) is 0 Å². The van der Waals surface area contributed by atoms with Gasteiger partial charge in [0, 0.05) is 0 Å². The van der Waals surface area contributed by atoms with Crippen molar-refractivity contribution in [3.05, 3.63) is 182 Å². The van der Waals surface area contributed by atoms with Crippen LogP contribution in [0.1, 0.15) is 6.92 Å². The van der Waals surface area contributed by atoms with Gasteiger partial charge in [0.1, 0.15) is 0 Å². The first kappa shape index (κ1) is 27.7. The fourth-order valence-corrected chi connectivity index (χ4v) is 37.8. The fourth-order valence-electron chi connectivity index (χ4n) is 5.99. The summed E-state index contributed by atoms with van der Waals surface area (Å²) >= 11 is -0.395. The van der Waals surface area contributed by atoms with E-state index in [1.54, 1.807) is 0 Å². The van der Waals surface area contributed by atoms with Crippen LogP contribution >= 0.6 is 12.1 Å². The maximum absolute atomic E-state index is 2.69. The molecule has 0 heterocycles. The zero-order chi connectivity index (χ0) is 28.0. The first-order chi connectivity index (χ1) is 20.3. The minimum atomic E-state index is -2.69. The minimum absolute atomic E-state index is 0.395. The molecular weight excluding hydrogens is 577 g/mol. The zero-order valence-corrected chi connectivity index (χ0v) is 26.2. The van der Waals surface area contributed by atoms with Crippen LogP contribution in [-0.4, -0.2) is 4.99 Å². The molecule has 0 amide bonds. The molecule has 6 aromatic rings. The molecular formula is C38H36NiP2. The second-order valence-corrected chi connectivity index (χ2v) is 25.7. The predicted octanol–water partition coefficient (Wildman–Crippen LogP) is 6.71. The Morgan fingerprint density at radius 3 is 0.634 bits per heavy atom. The Morgan fingerprint density at radius 1 is 0.317 bits per heavy atom. The summed E-state index contributed by atoms with van der Waals surface area (Å²) in [7, 11) is 0. The van der Waals surface area contributed by atoms with E-state index in [9.17, 15) is 0 Å². The second kappa shape index (κ2) is 12.6. The molecule has 0 aliphatic carbocycles. The number of rotatable bonds is 8. The van der Waals surface area contributed by atoms with E-state index < -0.39 is 24.2 Å². The van der Waals surface area contributed by atoms with Crippen LogP contribution in [0.2, 0.25) is 0 Å². The van der Waals surface area contributed by atoms with Crippen molar-refractivity contribution in [3.8, 4) is 0 Å². The molecule has 0 nitrogen and oxygen atoms in total. The Kier molecular flexibility index (Phi) is 8.51. The third kappa shape index (κ3) is 4.88. The van der Waals surface area contributed by atoms with E-state index in [-0.39, 0.29) is 0 Å². The van der Waals surface area contributed by atoms with E-state index in [1.165, 1.54) is 31.8 Å². The first-order valence-electron chi connectivity index (χ1n) is 14.0. The van der Waals surface area contributed by atoms with Gasteiger partial charge >= 0.3 is 250 Å². The van der Waals surface area contributed by atoms with Crippen LogP contribution in [-0.2, 0) is 12.1 Å². The second-order valence-electron chi connectivity index (χ2n) is 9.86.